The van der Waals surface area contributed by atoms with Crippen molar-refractivity contribution in [3.63, 3.8) is 0 Å². The van der Waals surface area contributed by atoms with E-state index in [1.807, 2.05) is 0 Å². The second-order valence-corrected chi connectivity index (χ2v) is 7.01. The van der Waals surface area contributed by atoms with Crippen molar-refractivity contribution in [2.75, 3.05) is 25.0 Å². The van der Waals surface area contributed by atoms with Crippen LogP contribution in [0.15, 0.2) is 30.5 Å². The second-order valence-electron chi connectivity index (χ2n) is 7.01. The Balaban J connectivity index is 1.75. The van der Waals surface area contributed by atoms with Crippen molar-refractivity contribution < 1.29 is 36.7 Å². The topological polar surface area (TPSA) is 138 Å². The molecule has 5 N–H and O–H groups in total. The number of primary amides is 1. The van der Waals surface area contributed by atoms with E-state index in [1.165, 1.54) is 35.1 Å². The smallest absolute Gasteiger partial charge is 0.422 e. The molecule has 2 heterocycles. The number of alkyl halides is 3. The van der Waals surface area contributed by atoms with E-state index in [9.17, 15) is 27.2 Å². The van der Waals surface area contributed by atoms with E-state index >= 15 is 0 Å². The minimum Gasteiger partial charge on any atom is -0.440 e. The molecule has 32 heavy (non-hydrogen) atoms. The fourth-order valence-corrected chi connectivity index (χ4v) is 3.25. The number of halogens is 4. The molecule has 2 amide bonds. The quantitative estimate of drug-likeness (QED) is 0.443. The first kappa shape index (κ1) is 23.3. The minimum absolute atomic E-state index is 0.0354. The fourth-order valence-electron chi connectivity index (χ4n) is 3.25. The number of carbonyl (C=O) groups is 2. The van der Waals surface area contributed by atoms with Gasteiger partial charge in [0.05, 0.1) is 12.6 Å². The zero-order valence-electron chi connectivity index (χ0n) is 16.5. The molecule has 0 unspecified atom stereocenters. The van der Waals surface area contributed by atoms with Gasteiger partial charge in [0.25, 0.3) is 5.91 Å². The first-order valence-electron chi connectivity index (χ1n) is 9.33. The summed E-state index contributed by atoms with van der Waals surface area (Å²) in [5, 5.41) is 7.17. The Hall–Kier alpha value is -3.39. The summed E-state index contributed by atoms with van der Waals surface area (Å²) in [6.07, 6.45) is -5.10. The molecule has 2 aromatic rings. The van der Waals surface area contributed by atoms with E-state index < -0.39 is 42.7 Å². The number of nitrogens with zero attached hydrogens (tertiary/aromatic N) is 3. The van der Waals surface area contributed by atoms with Gasteiger partial charge in [0.15, 0.2) is 12.4 Å². The Morgan fingerprint density at radius 2 is 1.94 bits per heavy atom. The van der Waals surface area contributed by atoms with E-state index in [0.29, 0.717) is 5.69 Å². The predicted octanol–water partition coefficient (Wildman–Crippen LogP) is 2.07. The zero-order valence-corrected chi connectivity index (χ0v) is 16.5. The average molecular weight is 460 g/mol. The summed E-state index contributed by atoms with van der Waals surface area (Å²) < 4.78 is 55.6. The van der Waals surface area contributed by atoms with Crippen LogP contribution in [0.4, 0.5) is 33.9 Å². The van der Waals surface area contributed by atoms with Crippen LogP contribution in [0.1, 0.15) is 22.8 Å². The number of hydrogen-bond donors (Lipinski definition) is 3. The Morgan fingerprint density at radius 3 is 2.53 bits per heavy atom. The van der Waals surface area contributed by atoms with Gasteiger partial charge in [0, 0.05) is 18.4 Å². The molecule has 0 radical (unpaired) electrons. The molecule has 1 aromatic carbocycles. The molecule has 0 bridgehead atoms. The van der Waals surface area contributed by atoms with Crippen LogP contribution in [-0.2, 0) is 9.57 Å². The average Bonchev–Trinajstić information content (AvgIpc) is 3.16. The second kappa shape index (κ2) is 9.40. The van der Waals surface area contributed by atoms with Gasteiger partial charge in [-0.2, -0.15) is 18.3 Å². The molecular formula is C18H20F4N6O4. The van der Waals surface area contributed by atoms with Crippen LogP contribution < -0.4 is 16.9 Å². The van der Waals surface area contributed by atoms with Crippen LogP contribution in [0.25, 0.3) is 0 Å². The SMILES string of the molecule is NO[C@@H]1CN(C(=O)OCC(F)(F)F)CC[C@@H]1n1cc(C(N)=O)c(Nc2ccc(F)cc2)n1. The van der Waals surface area contributed by atoms with Crippen molar-refractivity contribution in [3.8, 4) is 0 Å². The van der Waals surface area contributed by atoms with Crippen LogP contribution >= 0.6 is 0 Å². The number of rotatable bonds is 6. The van der Waals surface area contributed by atoms with E-state index in [-0.39, 0.29) is 30.9 Å². The third kappa shape index (κ3) is 5.64. The molecule has 174 valence electrons. The highest BCUT2D eigenvalue weighted by Gasteiger charge is 2.37. The lowest BCUT2D eigenvalue weighted by molar-refractivity contribution is -0.163. The largest absolute Gasteiger partial charge is 0.440 e. The molecule has 1 saturated heterocycles. The Labute approximate surface area is 179 Å². The number of carbonyl (C=O) groups excluding carboxylic acids is 2. The summed E-state index contributed by atoms with van der Waals surface area (Å²) in [7, 11) is 0. The van der Waals surface area contributed by atoms with Crippen LogP contribution in [0.2, 0.25) is 0 Å². The van der Waals surface area contributed by atoms with Crippen molar-refractivity contribution in [3.05, 3.63) is 41.8 Å². The number of piperidine rings is 1. The molecule has 0 saturated carbocycles. The monoisotopic (exact) mass is 460 g/mol. The van der Waals surface area contributed by atoms with Gasteiger partial charge < -0.3 is 20.7 Å². The number of hydrogen-bond acceptors (Lipinski definition) is 7. The summed E-state index contributed by atoms with van der Waals surface area (Å²) in [5.41, 5.74) is 5.91. The lowest BCUT2D eigenvalue weighted by Crippen LogP contribution is -2.49. The van der Waals surface area contributed by atoms with Crippen molar-refractivity contribution in [2.24, 2.45) is 11.6 Å². The first-order valence-corrected chi connectivity index (χ1v) is 9.33. The molecular weight excluding hydrogens is 440 g/mol. The molecule has 1 aliphatic rings. The maximum absolute atomic E-state index is 13.1. The van der Waals surface area contributed by atoms with Crippen molar-refractivity contribution in [1.82, 2.24) is 14.7 Å². The van der Waals surface area contributed by atoms with Gasteiger partial charge >= 0.3 is 12.3 Å². The number of nitrogens with one attached hydrogen (secondary N) is 1. The van der Waals surface area contributed by atoms with Crippen molar-refractivity contribution in [2.45, 2.75) is 24.7 Å². The molecule has 14 heteroatoms. The van der Waals surface area contributed by atoms with Gasteiger partial charge in [0.1, 0.15) is 17.5 Å². The van der Waals surface area contributed by atoms with Gasteiger partial charge in [-0.15, -0.1) is 0 Å². The number of aromatic nitrogens is 2. The highest BCUT2D eigenvalue weighted by molar-refractivity contribution is 5.98. The summed E-state index contributed by atoms with van der Waals surface area (Å²) in [4.78, 5) is 29.7. The Morgan fingerprint density at radius 1 is 1.25 bits per heavy atom. The first-order chi connectivity index (χ1) is 15.1. The number of nitrogens with two attached hydrogens (primary N) is 2. The maximum atomic E-state index is 13.1. The van der Waals surface area contributed by atoms with E-state index in [4.69, 9.17) is 16.5 Å². The van der Waals surface area contributed by atoms with E-state index in [1.54, 1.807) is 0 Å². The Kier molecular flexibility index (Phi) is 6.84. The van der Waals surface area contributed by atoms with Gasteiger partial charge in [-0.25, -0.2) is 15.1 Å². The highest BCUT2D eigenvalue weighted by atomic mass is 19.4. The lowest BCUT2D eigenvalue weighted by Gasteiger charge is -2.36. The normalized spacial score (nSPS) is 19.0. The lowest BCUT2D eigenvalue weighted by atomic mass is 10.0. The molecule has 0 aliphatic carbocycles. The molecule has 2 atom stereocenters. The Bertz CT molecular complexity index is 965. The van der Waals surface area contributed by atoms with Crippen molar-refractivity contribution >= 4 is 23.5 Å². The number of amides is 2. The molecule has 1 aromatic heterocycles. The van der Waals surface area contributed by atoms with E-state index in [0.717, 1.165) is 4.90 Å². The van der Waals surface area contributed by atoms with Gasteiger partial charge in [-0.3, -0.25) is 14.3 Å². The number of likely N-dealkylation sites (tertiary alicyclic amines) is 1. The summed E-state index contributed by atoms with van der Waals surface area (Å²) in [6, 6.07) is 4.75. The molecule has 10 nitrogen and oxygen atoms in total. The van der Waals surface area contributed by atoms with E-state index in [2.05, 4.69) is 15.2 Å². The predicted molar refractivity (Wildman–Crippen MR) is 102 cm³/mol. The molecule has 1 aliphatic heterocycles. The summed E-state index contributed by atoms with van der Waals surface area (Å²) in [5.74, 6) is 4.22. The number of ether oxygens (including phenoxy) is 1. The fraction of sp³-hybridized carbons (Fsp3) is 0.389. The number of benzene rings is 1. The highest BCUT2D eigenvalue weighted by Crippen LogP contribution is 2.28. The van der Waals surface area contributed by atoms with Crippen LogP contribution in [-0.4, -0.2) is 58.7 Å². The standard InChI is InChI=1S/C18H20F4N6O4/c19-10-1-3-11(4-2-10)25-16-12(15(23)29)7-28(26-16)13-5-6-27(8-14(13)32-24)17(30)31-9-18(20,21)22/h1-4,7,13-14H,5-6,8-9,24H2,(H2,23,29)(H,25,26)/t13-,14+/m0/s1. The maximum Gasteiger partial charge on any atom is 0.422 e. The van der Waals surface area contributed by atoms with Crippen LogP contribution in [0.3, 0.4) is 0 Å². The summed E-state index contributed by atoms with van der Waals surface area (Å²) >= 11 is 0. The number of anilines is 2. The molecule has 1 fully saturated rings. The van der Waals surface area contributed by atoms with Gasteiger partial charge in [-0.05, 0) is 30.7 Å². The van der Waals surface area contributed by atoms with Crippen LogP contribution in [0, 0.1) is 5.82 Å². The van der Waals surface area contributed by atoms with Gasteiger partial charge in [0.2, 0.25) is 0 Å². The van der Waals surface area contributed by atoms with Crippen molar-refractivity contribution in [1.29, 1.82) is 0 Å². The minimum atomic E-state index is -4.65. The van der Waals surface area contributed by atoms with Gasteiger partial charge in [-0.1, -0.05) is 0 Å². The zero-order chi connectivity index (χ0) is 23.5. The third-order valence-electron chi connectivity index (χ3n) is 4.76. The molecule has 0 spiro atoms. The molecule has 3 rings (SSSR count). The van der Waals surface area contributed by atoms with Crippen LogP contribution in [0.5, 0.6) is 0 Å². The third-order valence-corrected chi connectivity index (χ3v) is 4.76. The summed E-state index contributed by atoms with van der Waals surface area (Å²) in [6.45, 7) is -1.84.